The number of halogens is 3. The zero-order valence-corrected chi connectivity index (χ0v) is 12.0. The van der Waals surface area contributed by atoms with Crippen LogP contribution in [0.4, 0.5) is 13.2 Å². The summed E-state index contributed by atoms with van der Waals surface area (Å²) in [5.41, 5.74) is 0.502. The van der Waals surface area contributed by atoms with Crippen molar-refractivity contribution in [2.24, 2.45) is 5.92 Å². The van der Waals surface area contributed by atoms with E-state index in [4.69, 9.17) is 4.74 Å². The van der Waals surface area contributed by atoms with Gasteiger partial charge in [-0.3, -0.25) is 0 Å². The molecule has 1 aromatic rings. The van der Waals surface area contributed by atoms with Crippen molar-refractivity contribution in [3.8, 4) is 5.75 Å². The Bertz CT molecular complexity index is 451. The third kappa shape index (κ3) is 4.89. The summed E-state index contributed by atoms with van der Waals surface area (Å²) in [6, 6.07) is 6.20. The van der Waals surface area contributed by atoms with Crippen LogP contribution in [0.15, 0.2) is 24.3 Å². The van der Waals surface area contributed by atoms with Crippen LogP contribution in [0.25, 0.3) is 0 Å². The maximum absolute atomic E-state index is 12.3. The van der Waals surface area contributed by atoms with E-state index in [2.05, 4.69) is 17.0 Å². The number of hydrogen-bond acceptors (Lipinski definition) is 3. The molecule has 1 saturated heterocycles. The number of benzene rings is 1. The van der Waals surface area contributed by atoms with Crippen LogP contribution in [0.1, 0.15) is 25.3 Å². The molecule has 21 heavy (non-hydrogen) atoms. The highest BCUT2D eigenvalue weighted by atomic mass is 19.4. The van der Waals surface area contributed by atoms with Crippen LogP contribution < -0.4 is 10.1 Å². The SMILES string of the molecule is CCC1OCCC1CNCc1ccccc1OC(F)(F)F. The molecule has 0 saturated carbocycles. The minimum absolute atomic E-state index is 0.146. The summed E-state index contributed by atoms with van der Waals surface area (Å²) in [5.74, 6) is 0.276. The first kappa shape index (κ1) is 16.1. The standard InChI is InChI=1S/C15H20F3NO2/c1-2-13-12(7-8-20-13)10-19-9-11-5-3-4-6-14(11)21-15(16,17)18/h3-6,12-13,19H,2,7-10H2,1H3. The predicted octanol–water partition coefficient (Wildman–Crippen LogP) is 3.49. The summed E-state index contributed by atoms with van der Waals surface area (Å²) >= 11 is 0. The van der Waals surface area contributed by atoms with Gasteiger partial charge in [0, 0.05) is 25.3 Å². The van der Waals surface area contributed by atoms with Gasteiger partial charge in [-0.2, -0.15) is 0 Å². The van der Waals surface area contributed by atoms with E-state index in [-0.39, 0.29) is 11.9 Å². The van der Waals surface area contributed by atoms with Crippen molar-refractivity contribution in [2.75, 3.05) is 13.2 Å². The van der Waals surface area contributed by atoms with Crippen molar-refractivity contribution < 1.29 is 22.6 Å². The minimum atomic E-state index is -4.66. The molecule has 0 radical (unpaired) electrons. The Kier molecular flexibility index (Phi) is 5.47. The molecule has 2 rings (SSSR count). The van der Waals surface area contributed by atoms with E-state index in [1.54, 1.807) is 12.1 Å². The summed E-state index contributed by atoms with van der Waals surface area (Å²) in [6.07, 6.45) is -2.46. The van der Waals surface area contributed by atoms with E-state index in [1.165, 1.54) is 12.1 Å². The molecule has 1 aliphatic rings. The summed E-state index contributed by atoms with van der Waals surface area (Å²) < 4.78 is 46.6. The van der Waals surface area contributed by atoms with E-state index >= 15 is 0 Å². The second kappa shape index (κ2) is 7.13. The summed E-state index contributed by atoms with van der Waals surface area (Å²) in [7, 11) is 0. The van der Waals surface area contributed by atoms with Crippen molar-refractivity contribution in [2.45, 2.75) is 38.8 Å². The minimum Gasteiger partial charge on any atom is -0.405 e. The Morgan fingerprint density at radius 2 is 2.10 bits per heavy atom. The van der Waals surface area contributed by atoms with Crippen LogP contribution in [-0.4, -0.2) is 25.6 Å². The molecule has 2 atom stereocenters. The Morgan fingerprint density at radius 1 is 1.33 bits per heavy atom. The third-order valence-corrected chi connectivity index (χ3v) is 3.67. The van der Waals surface area contributed by atoms with Crippen LogP contribution in [0, 0.1) is 5.92 Å². The maximum Gasteiger partial charge on any atom is 0.573 e. The molecule has 0 bridgehead atoms. The first-order valence-corrected chi connectivity index (χ1v) is 7.15. The number of ether oxygens (including phenoxy) is 2. The predicted molar refractivity (Wildman–Crippen MR) is 73.0 cm³/mol. The normalized spacial score (nSPS) is 22.5. The number of alkyl halides is 3. The number of hydrogen-bond donors (Lipinski definition) is 1. The van der Waals surface area contributed by atoms with E-state index in [1.807, 2.05) is 0 Å². The zero-order valence-electron chi connectivity index (χ0n) is 12.0. The molecule has 1 heterocycles. The molecule has 1 aromatic carbocycles. The number of para-hydroxylation sites is 1. The molecule has 1 aliphatic heterocycles. The van der Waals surface area contributed by atoms with Gasteiger partial charge in [0.2, 0.25) is 0 Å². The van der Waals surface area contributed by atoms with Gasteiger partial charge < -0.3 is 14.8 Å². The van der Waals surface area contributed by atoms with Gasteiger partial charge in [0.1, 0.15) is 5.75 Å². The van der Waals surface area contributed by atoms with Crippen molar-refractivity contribution >= 4 is 0 Å². The highest BCUT2D eigenvalue weighted by Crippen LogP contribution is 2.26. The highest BCUT2D eigenvalue weighted by Gasteiger charge is 2.32. The van der Waals surface area contributed by atoms with Crippen LogP contribution in [0.3, 0.4) is 0 Å². The lowest BCUT2D eigenvalue weighted by atomic mass is 9.99. The molecule has 2 unspecified atom stereocenters. The molecule has 0 amide bonds. The Hall–Kier alpha value is -1.27. The highest BCUT2D eigenvalue weighted by molar-refractivity contribution is 5.33. The second-order valence-electron chi connectivity index (χ2n) is 5.15. The van der Waals surface area contributed by atoms with Crippen molar-refractivity contribution in [3.05, 3.63) is 29.8 Å². The smallest absolute Gasteiger partial charge is 0.405 e. The molecular formula is C15H20F3NO2. The molecule has 0 spiro atoms. The topological polar surface area (TPSA) is 30.5 Å². The van der Waals surface area contributed by atoms with E-state index < -0.39 is 6.36 Å². The largest absolute Gasteiger partial charge is 0.573 e. The van der Waals surface area contributed by atoms with E-state index in [0.29, 0.717) is 18.0 Å². The van der Waals surface area contributed by atoms with Crippen molar-refractivity contribution in [3.63, 3.8) is 0 Å². The van der Waals surface area contributed by atoms with Gasteiger partial charge in [-0.15, -0.1) is 13.2 Å². The van der Waals surface area contributed by atoms with Crippen molar-refractivity contribution in [1.82, 2.24) is 5.32 Å². The third-order valence-electron chi connectivity index (χ3n) is 3.67. The Labute approximate surface area is 122 Å². The van der Waals surface area contributed by atoms with Gasteiger partial charge in [-0.05, 0) is 24.8 Å². The fourth-order valence-corrected chi connectivity index (χ4v) is 2.64. The van der Waals surface area contributed by atoms with Gasteiger partial charge in [-0.25, -0.2) is 0 Å². The number of nitrogens with one attached hydrogen (secondary N) is 1. The first-order valence-electron chi connectivity index (χ1n) is 7.15. The maximum atomic E-state index is 12.3. The molecule has 1 N–H and O–H groups in total. The lowest BCUT2D eigenvalue weighted by Gasteiger charge is -2.18. The van der Waals surface area contributed by atoms with Crippen molar-refractivity contribution in [1.29, 1.82) is 0 Å². The van der Waals surface area contributed by atoms with Crippen LogP contribution in [-0.2, 0) is 11.3 Å². The first-order chi connectivity index (χ1) is 9.99. The van der Waals surface area contributed by atoms with Gasteiger partial charge >= 0.3 is 6.36 Å². The fourth-order valence-electron chi connectivity index (χ4n) is 2.64. The monoisotopic (exact) mass is 303 g/mol. The number of rotatable bonds is 6. The average molecular weight is 303 g/mol. The summed E-state index contributed by atoms with van der Waals surface area (Å²) in [4.78, 5) is 0. The molecule has 0 aliphatic carbocycles. The van der Waals surface area contributed by atoms with E-state index in [0.717, 1.165) is 26.0 Å². The molecule has 1 fully saturated rings. The molecule has 118 valence electrons. The molecule has 6 heteroatoms. The molecule has 3 nitrogen and oxygen atoms in total. The van der Waals surface area contributed by atoms with E-state index in [9.17, 15) is 13.2 Å². The van der Waals surface area contributed by atoms with Gasteiger partial charge in [0.25, 0.3) is 0 Å². The second-order valence-corrected chi connectivity index (χ2v) is 5.15. The average Bonchev–Trinajstić information content (AvgIpc) is 2.86. The van der Waals surface area contributed by atoms with Gasteiger partial charge in [0.15, 0.2) is 0 Å². The summed E-state index contributed by atoms with van der Waals surface area (Å²) in [5, 5.41) is 3.21. The lowest BCUT2D eigenvalue weighted by molar-refractivity contribution is -0.274. The Balaban J connectivity index is 1.88. The fraction of sp³-hybridized carbons (Fsp3) is 0.600. The van der Waals surface area contributed by atoms with Gasteiger partial charge in [0.05, 0.1) is 6.10 Å². The lowest BCUT2D eigenvalue weighted by Crippen LogP contribution is -2.28. The van der Waals surface area contributed by atoms with Crippen LogP contribution in [0.2, 0.25) is 0 Å². The van der Waals surface area contributed by atoms with Crippen LogP contribution in [0.5, 0.6) is 5.75 Å². The molecule has 0 aromatic heterocycles. The molecular weight excluding hydrogens is 283 g/mol. The Morgan fingerprint density at radius 3 is 2.81 bits per heavy atom. The summed E-state index contributed by atoms with van der Waals surface area (Å²) in [6.45, 7) is 3.92. The van der Waals surface area contributed by atoms with Gasteiger partial charge in [-0.1, -0.05) is 25.1 Å². The zero-order chi connectivity index (χ0) is 15.3. The van der Waals surface area contributed by atoms with Crippen LogP contribution >= 0.6 is 0 Å². The quantitative estimate of drug-likeness (QED) is 0.872.